The number of carbonyl (C=O) groups excluding carboxylic acids is 2. The zero-order valence-electron chi connectivity index (χ0n) is 14.6. The summed E-state index contributed by atoms with van der Waals surface area (Å²) in [6.45, 7) is 4.11. The molecule has 0 unspecified atom stereocenters. The fourth-order valence-electron chi connectivity index (χ4n) is 2.58. The van der Waals surface area contributed by atoms with Crippen LogP contribution in [0.1, 0.15) is 20.3 Å². The summed E-state index contributed by atoms with van der Waals surface area (Å²) in [5, 5.41) is 2.07. The van der Waals surface area contributed by atoms with Crippen LogP contribution in [0.4, 0.5) is 0 Å². The molecular weight excluding hydrogens is 335 g/mol. The quantitative estimate of drug-likeness (QED) is 0.538. The van der Waals surface area contributed by atoms with Crippen LogP contribution in [0.2, 0.25) is 0 Å². The molecule has 1 atom stereocenters. The van der Waals surface area contributed by atoms with Gasteiger partial charge in [-0.05, 0) is 32.4 Å². The molecule has 0 heterocycles. The third-order valence-electron chi connectivity index (χ3n) is 3.60. The first-order chi connectivity index (χ1) is 12.2. The SMILES string of the molecule is CCOC(=O)C[C@@H](C(=O)OCC)P(c1ccccc1)c1ccccc1. The van der Waals surface area contributed by atoms with E-state index in [4.69, 9.17) is 9.47 Å². The highest BCUT2D eigenvalue weighted by molar-refractivity contribution is 7.74. The van der Waals surface area contributed by atoms with Crippen molar-refractivity contribution >= 4 is 30.5 Å². The van der Waals surface area contributed by atoms with Gasteiger partial charge in [0, 0.05) is 0 Å². The number of rotatable bonds is 8. The first-order valence-electron chi connectivity index (χ1n) is 8.39. The van der Waals surface area contributed by atoms with E-state index in [1.54, 1.807) is 13.8 Å². The van der Waals surface area contributed by atoms with Gasteiger partial charge >= 0.3 is 11.9 Å². The van der Waals surface area contributed by atoms with Gasteiger partial charge in [0.05, 0.1) is 25.3 Å². The van der Waals surface area contributed by atoms with Crippen LogP contribution < -0.4 is 10.6 Å². The van der Waals surface area contributed by atoms with Crippen molar-refractivity contribution in [2.75, 3.05) is 13.2 Å². The molecule has 0 aromatic heterocycles. The Bertz CT molecular complexity index is 633. The maximum Gasteiger partial charge on any atom is 0.314 e. The molecule has 0 spiro atoms. The standard InChI is InChI=1S/C20H23O4P/c1-3-23-19(21)15-18(20(22)24-4-2)25(16-11-7-5-8-12-16)17-13-9-6-10-14-17/h5-14,18H,3-4,15H2,1-2H3/t18-/m0/s1. The second kappa shape index (κ2) is 9.95. The Morgan fingerprint density at radius 2 is 1.32 bits per heavy atom. The van der Waals surface area contributed by atoms with E-state index in [-0.39, 0.29) is 25.0 Å². The van der Waals surface area contributed by atoms with Crippen LogP contribution in [0, 0.1) is 0 Å². The zero-order chi connectivity index (χ0) is 18.1. The number of hydrogen-bond donors (Lipinski definition) is 0. The van der Waals surface area contributed by atoms with E-state index in [1.165, 1.54) is 0 Å². The molecule has 132 valence electrons. The summed E-state index contributed by atoms with van der Waals surface area (Å²) in [5.41, 5.74) is -0.571. The Morgan fingerprint density at radius 1 is 0.840 bits per heavy atom. The summed E-state index contributed by atoms with van der Waals surface area (Å²) in [6.07, 6.45) is 0.0160. The molecule has 0 amide bonds. The lowest BCUT2D eigenvalue weighted by molar-refractivity contribution is -0.149. The molecule has 0 saturated carbocycles. The van der Waals surface area contributed by atoms with Gasteiger partial charge in [-0.2, -0.15) is 0 Å². The van der Waals surface area contributed by atoms with Gasteiger partial charge in [-0.25, -0.2) is 0 Å². The Hall–Kier alpha value is -2.19. The highest BCUT2D eigenvalue weighted by Gasteiger charge is 2.34. The largest absolute Gasteiger partial charge is 0.466 e. The van der Waals surface area contributed by atoms with E-state index in [0.717, 1.165) is 10.6 Å². The maximum absolute atomic E-state index is 12.7. The molecule has 2 aromatic rings. The summed E-state index contributed by atoms with van der Waals surface area (Å²) in [4.78, 5) is 24.8. The zero-order valence-corrected chi connectivity index (χ0v) is 15.4. The van der Waals surface area contributed by atoms with E-state index >= 15 is 0 Å². The molecule has 5 heteroatoms. The third-order valence-corrected chi connectivity index (χ3v) is 6.33. The molecule has 0 fully saturated rings. The van der Waals surface area contributed by atoms with Crippen LogP contribution in [0.5, 0.6) is 0 Å². The Morgan fingerprint density at radius 3 is 1.76 bits per heavy atom. The van der Waals surface area contributed by atoms with Crippen molar-refractivity contribution in [1.29, 1.82) is 0 Å². The maximum atomic E-state index is 12.7. The normalized spacial score (nSPS) is 11.8. The van der Waals surface area contributed by atoms with Crippen molar-refractivity contribution < 1.29 is 19.1 Å². The predicted octanol–water partition coefficient (Wildman–Crippen LogP) is 3.00. The van der Waals surface area contributed by atoms with Gasteiger partial charge in [-0.3, -0.25) is 9.59 Å². The minimum absolute atomic E-state index is 0.0160. The lowest BCUT2D eigenvalue weighted by Gasteiger charge is -2.26. The summed E-state index contributed by atoms with van der Waals surface area (Å²) in [5.74, 6) is -0.728. The van der Waals surface area contributed by atoms with Crippen LogP contribution in [0.15, 0.2) is 60.7 Å². The number of ether oxygens (including phenoxy) is 2. The molecule has 2 rings (SSSR count). The molecule has 0 aliphatic rings. The molecular formula is C20H23O4P. The molecule has 0 radical (unpaired) electrons. The highest BCUT2D eigenvalue weighted by atomic mass is 31.1. The Kier molecular flexibility index (Phi) is 7.62. The monoisotopic (exact) mass is 358 g/mol. The molecule has 2 aromatic carbocycles. The van der Waals surface area contributed by atoms with Crippen LogP contribution in [0.3, 0.4) is 0 Å². The molecule has 0 bridgehead atoms. The van der Waals surface area contributed by atoms with Gasteiger partial charge < -0.3 is 9.47 Å². The van der Waals surface area contributed by atoms with Crippen molar-refractivity contribution in [3.63, 3.8) is 0 Å². The van der Waals surface area contributed by atoms with E-state index < -0.39 is 13.6 Å². The molecule has 0 aliphatic carbocycles. The fraction of sp³-hybridized carbons (Fsp3) is 0.300. The fourth-order valence-corrected chi connectivity index (χ4v) is 5.20. The van der Waals surface area contributed by atoms with Gasteiger partial charge in [0.1, 0.15) is 0 Å². The van der Waals surface area contributed by atoms with Gasteiger partial charge in [0.2, 0.25) is 0 Å². The molecule has 0 saturated heterocycles. The Balaban J connectivity index is 2.44. The average molecular weight is 358 g/mol. The van der Waals surface area contributed by atoms with E-state index in [9.17, 15) is 9.59 Å². The van der Waals surface area contributed by atoms with Gasteiger partial charge in [-0.15, -0.1) is 0 Å². The van der Waals surface area contributed by atoms with Gasteiger partial charge in [0.25, 0.3) is 0 Å². The highest BCUT2D eigenvalue weighted by Crippen LogP contribution is 2.42. The minimum atomic E-state index is -1.08. The predicted molar refractivity (Wildman–Crippen MR) is 101 cm³/mol. The topological polar surface area (TPSA) is 52.6 Å². The van der Waals surface area contributed by atoms with E-state index in [1.807, 2.05) is 60.7 Å². The number of esters is 2. The van der Waals surface area contributed by atoms with Crippen molar-refractivity contribution in [2.45, 2.75) is 25.9 Å². The van der Waals surface area contributed by atoms with Crippen LogP contribution >= 0.6 is 7.92 Å². The summed E-state index contributed by atoms with van der Waals surface area (Å²) in [7, 11) is -1.08. The molecule has 0 N–H and O–H groups in total. The molecule has 25 heavy (non-hydrogen) atoms. The molecule has 0 aliphatic heterocycles. The van der Waals surface area contributed by atoms with Crippen molar-refractivity contribution in [3.8, 4) is 0 Å². The summed E-state index contributed by atoms with van der Waals surface area (Å²) < 4.78 is 10.4. The summed E-state index contributed by atoms with van der Waals surface area (Å²) in [6, 6.07) is 19.6. The van der Waals surface area contributed by atoms with Gasteiger partial charge in [-0.1, -0.05) is 60.7 Å². The third kappa shape index (κ3) is 5.40. The smallest absolute Gasteiger partial charge is 0.314 e. The van der Waals surface area contributed by atoms with E-state index in [2.05, 4.69) is 0 Å². The second-order valence-electron chi connectivity index (χ2n) is 5.32. The summed E-state index contributed by atoms with van der Waals surface area (Å²) >= 11 is 0. The lowest BCUT2D eigenvalue weighted by Crippen LogP contribution is -2.32. The van der Waals surface area contributed by atoms with E-state index in [0.29, 0.717) is 6.61 Å². The number of carbonyl (C=O) groups is 2. The first kappa shape index (κ1) is 19.1. The number of hydrogen-bond acceptors (Lipinski definition) is 4. The second-order valence-corrected chi connectivity index (χ2v) is 7.71. The van der Waals surface area contributed by atoms with Crippen LogP contribution in [-0.2, 0) is 19.1 Å². The van der Waals surface area contributed by atoms with Crippen LogP contribution in [-0.4, -0.2) is 30.8 Å². The first-order valence-corrected chi connectivity index (χ1v) is 9.80. The minimum Gasteiger partial charge on any atom is -0.466 e. The van der Waals surface area contributed by atoms with Crippen molar-refractivity contribution in [2.24, 2.45) is 0 Å². The lowest BCUT2D eigenvalue weighted by atomic mass is 10.3. The van der Waals surface area contributed by atoms with Gasteiger partial charge in [0.15, 0.2) is 0 Å². The number of benzene rings is 2. The Labute approximate surface area is 149 Å². The van der Waals surface area contributed by atoms with Crippen molar-refractivity contribution in [3.05, 3.63) is 60.7 Å². The van der Waals surface area contributed by atoms with Crippen molar-refractivity contribution in [1.82, 2.24) is 0 Å². The molecule has 4 nitrogen and oxygen atoms in total. The average Bonchev–Trinajstić information content (AvgIpc) is 2.63. The van der Waals surface area contributed by atoms with Crippen LogP contribution in [0.25, 0.3) is 0 Å².